The lowest BCUT2D eigenvalue weighted by molar-refractivity contribution is 0.416. The number of nitrogens with one attached hydrogen (secondary N) is 1. The zero-order valence-electron chi connectivity index (χ0n) is 10.1. The van der Waals surface area contributed by atoms with Gasteiger partial charge >= 0.3 is 0 Å². The quantitative estimate of drug-likeness (QED) is 0.774. The minimum absolute atomic E-state index is 0.786. The van der Waals surface area contributed by atoms with Crippen molar-refractivity contribution in [1.82, 2.24) is 0 Å². The number of rotatable bonds is 4. The summed E-state index contributed by atoms with van der Waals surface area (Å²) in [6.07, 6.45) is 0. The molecule has 0 bridgehead atoms. The van der Waals surface area contributed by atoms with Crippen LogP contribution < -0.4 is 10.1 Å². The molecule has 2 aromatic rings. The van der Waals surface area contributed by atoms with Crippen LogP contribution in [0.15, 0.2) is 32.5 Å². The number of aryl methyl sites for hydroxylation is 1. The summed E-state index contributed by atoms with van der Waals surface area (Å²) in [4.78, 5) is 1.26. The highest BCUT2D eigenvalue weighted by molar-refractivity contribution is 9.13. The van der Waals surface area contributed by atoms with Crippen molar-refractivity contribution < 1.29 is 4.74 Å². The van der Waals surface area contributed by atoms with Crippen LogP contribution in [0.3, 0.4) is 0 Å². The molecule has 1 heterocycles. The van der Waals surface area contributed by atoms with Gasteiger partial charge in [0.1, 0.15) is 5.75 Å². The molecule has 0 saturated carbocycles. The number of halogens is 2. The predicted octanol–water partition coefficient (Wildman–Crippen LogP) is 5.20. The first-order chi connectivity index (χ1) is 8.60. The maximum atomic E-state index is 5.37. The van der Waals surface area contributed by atoms with Crippen LogP contribution in [0.4, 0.5) is 5.69 Å². The van der Waals surface area contributed by atoms with Crippen LogP contribution in [0.1, 0.15) is 10.4 Å². The second kappa shape index (κ2) is 6.08. The van der Waals surface area contributed by atoms with Crippen LogP contribution in [0.25, 0.3) is 0 Å². The van der Waals surface area contributed by atoms with Crippen molar-refractivity contribution in [3.8, 4) is 5.75 Å². The van der Waals surface area contributed by atoms with E-state index >= 15 is 0 Å². The fourth-order valence-corrected chi connectivity index (χ4v) is 3.72. The van der Waals surface area contributed by atoms with Crippen LogP contribution in [-0.4, -0.2) is 7.11 Å². The molecule has 0 unspecified atom stereocenters. The van der Waals surface area contributed by atoms with Crippen molar-refractivity contribution in [3.05, 3.63) is 43.0 Å². The third-order valence-corrected chi connectivity index (χ3v) is 5.76. The molecule has 0 spiro atoms. The van der Waals surface area contributed by atoms with Gasteiger partial charge in [-0.25, -0.2) is 0 Å². The van der Waals surface area contributed by atoms with E-state index in [-0.39, 0.29) is 0 Å². The van der Waals surface area contributed by atoms with Gasteiger partial charge in [0, 0.05) is 15.9 Å². The van der Waals surface area contributed by atoms with E-state index in [0.29, 0.717) is 0 Å². The molecule has 0 saturated heterocycles. The van der Waals surface area contributed by atoms with Gasteiger partial charge in [-0.05, 0) is 62.5 Å². The fraction of sp³-hybridized carbons (Fsp3) is 0.231. The fourth-order valence-electron chi connectivity index (χ4n) is 1.61. The number of ether oxygens (including phenoxy) is 1. The minimum atomic E-state index is 0.786. The molecule has 2 nitrogen and oxygen atoms in total. The van der Waals surface area contributed by atoms with Gasteiger partial charge in [-0.15, -0.1) is 11.3 Å². The molecule has 1 aromatic heterocycles. The molecule has 0 amide bonds. The Labute approximate surface area is 128 Å². The zero-order valence-corrected chi connectivity index (χ0v) is 14.1. The maximum absolute atomic E-state index is 5.37. The van der Waals surface area contributed by atoms with E-state index in [1.165, 1.54) is 10.4 Å². The van der Waals surface area contributed by atoms with Crippen molar-refractivity contribution in [2.75, 3.05) is 12.4 Å². The first-order valence-corrected chi connectivity index (χ1v) is 7.82. The summed E-state index contributed by atoms with van der Waals surface area (Å²) >= 11 is 8.71. The topological polar surface area (TPSA) is 21.3 Å². The van der Waals surface area contributed by atoms with Gasteiger partial charge in [-0.2, -0.15) is 0 Å². The van der Waals surface area contributed by atoms with E-state index in [9.17, 15) is 0 Å². The lowest BCUT2D eigenvalue weighted by Gasteiger charge is -2.11. The number of anilines is 1. The summed E-state index contributed by atoms with van der Waals surface area (Å²) in [5.41, 5.74) is 2.21. The molecular formula is C13H13Br2NOS. The van der Waals surface area contributed by atoms with Crippen LogP contribution in [-0.2, 0) is 6.54 Å². The molecule has 96 valence electrons. The number of methoxy groups -OCH3 is 1. The molecular weight excluding hydrogens is 378 g/mol. The highest BCUT2D eigenvalue weighted by atomic mass is 79.9. The highest BCUT2D eigenvalue weighted by Gasteiger charge is 2.06. The van der Waals surface area contributed by atoms with Crippen molar-refractivity contribution >= 4 is 48.9 Å². The largest absolute Gasteiger partial charge is 0.495 e. The Hall–Kier alpha value is -0.520. The standard InChI is InChI=1S/C13H13Br2NOS/c1-8-3-4-11(12(5-8)17-2)16-7-9-6-10(14)13(15)18-9/h3-6,16H,7H2,1-2H3. The van der Waals surface area contributed by atoms with Crippen LogP contribution in [0, 0.1) is 6.92 Å². The number of hydrogen-bond acceptors (Lipinski definition) is 3. The van der Waals surface area contributed by atoms with E-state index in [0.717, 1.165) is 26.2 Å². The Morgan fingerprint density at radius 3 is 2.67 bits per heavy atom. The first kappa shape index (κ1) is 13.9. The van der Waals surface area contributed by atoms with E-state index in [2.05, 4.69) is 56.2 Å². The van der Waals surface area contributed by atoms with Crippen molar-refractivity contribution in [3.63, 3.8) is 0 Å². The molecule has 18 heavy (non-hydrogen) atoms. The van der Waals surface area contributed by atoms with Gasteiger partial charge in [0.2, 0.25) is 0 Å². The van der Waals surface area contributed by atoms with Gasteiger partial charge in [-0.3, -0.25) is 0 Å². The third kappa shape index (κ3) is 3.28. The Morgan fingerprint density at radius 2 is 2.06 bits per heavy atom. The Balaban J connectivity index is 2.10. The summed E-state index contributed by atoms with van der Waals surface area (Å²) in [6.45, 7) is 2.84. The average molecular weight is 391 g/mol. The molecule has 0 aliphatic rings. The van der Waals surface area contributed by atoms with Crippen molar-refractivity contribution in [2.24, 2.45) is 0 Å². The van der Waals surface area contributed by atoms with Crippen LogP contribution >= 0.6 is 43.2 Å². The zero-order chi connectivity index (χ0) is 13.1. The van der Waals surface area contributed by atoms with E-state index in [4.69, 9.17) is 4.74 Å². The van der Waals surface area contributed by atoms with E-state index < -0.39 is 0 Å². The smallest absolute Gasteiger partial charge is 0.142 e. The molecule has 0 atom stereocenters. The van der Waals surface area contributed by atoms with Gasteiger partial charge in [0.05, 0.1) is 16.6 Å². The summed E-state index contributed by atoms with van der Waals surface area (Å²) in [5, 5.41) is 3.39. The second-order valence-corrected chi connectivity index (χ2v) is 7.20. The van der Waals surface area contributed by atoms with Gasteiger partial charge in [0.25, 0.3) is 0 Å². The Morgan fingerprint density at radius 1 is 1.28 bits per heavy atom. The molecule has 0 fully saturated rings. The maximum Gasteiger partial charge on any atom is 0.142 e. The predicted molar refractivity (Wildman–Crippen MR) is 84.8 cm³/mol. The molecule has 2 rings (SSSR count). The van der Waals surface area contributed by atoms with Gasteiger partial charge in [0.15, 0.2) is 0 Å². The third-order valence-electron chi connectivity index (χ3n) is 2.51. The number of hydrogen-bond donors (Lipinski definition) is 1. The Kier molecular flexibility index (Phi) is 4.70. The van der Waals surface area contributed by atoms with Crippen molar-refractivity contribution in [1.29, 1.82) is 0 Å². The second-order valence-electron chi connectivity index (χ2n) is 3.89. The lowest BCUT2D eigenvalue weighted by atomic mass is 10.2. The SMILES string of the molecule is COc1cc(C)ccc1NCc1cc(Br)c(Br)s1. The number of thiophene rings is 1. The molecule has 1 N–H and O–H groups in total. The number of benzene rings is 1. The minimum Gasteiger partial charge on any atom is -0.495 e. The molecule has 1 aromatic carbocycles. The summed E-state index contributed by atoms with van der Waals surface area (Å²) in [6, 6.07) is 8.27. The highest BCUT2D eigenvalue weighted by Crippen LogP contribution is 2.33. The first-order valence-electron chi connectivity index (χ1n) is 5.42. The Bertz CT molecular complexity index is 534. The van der Waals surface area contributed by atoms with Crippen LogP contribution in [0.2, 0.25) is 0 Å². The van der Waals surface area contributed by atoms with Gasteiger partial charge in [-0.1, -0.05) is 6.07 Å². The summed E-state index contributed by atoms with van der Waals surface area (Å²) < 4.78 is 7.58. The lowest BCUT2D eigenvalue weighted by Crippen LogP contribution is -2.00. The molecule has 5 heteroatoms. The van der Waals surface area contributed by atoms with Crippen molar-refractivity contribution in [2.45, 2.75) is 13.5 Å². The summed E-state index contributed by atoms with van der Waals surface area (Å²) in [7, 11) is 1.69. The molecule has 0 aliphatic heterocycles. The van der Waals surface area contributed by atoms with Crippen LogP contribution in [0.5, 0.6) is 5.75 Å². The monoisotopic (exact) mass is 389 g/mol. The average Bonchev–Trinajstić information content (AvgIpc) is 2.67. The summed E-state index contributed by atoms with van der Waals surface area (Å²) in [5.74, 6) is 0.879. The van der Waals surface area contributed by atoms with Gasteiger partial charge < -0.3 is 10.1 Å². The molecule has 0 radical (unpaired) electrons. The molecule has 0 aliphatic carbocycles. The van der Waals surface area contributed by atoms with E-state index in [1.54, 1.807) is 18.4 Å². The van der Waals surface area contributed by atoms with E-state index in [1.807, 2.05) is 12.1 Å². The normalized spacial score (nSPS) is 10.4.